The average Bonchev–Trinajstić information content (AvgIpc) is 2.98. The van der Waals surface area contributed by atoms with Gasteiger partial charge in [0.2, 0.25) is 5.75 Å². The van der Waals surface area contributed by atoms with Gasteiger partial charge in [-0.15, -0.1) is 0 Å². The van der Waals surface area contributed by atoms with Crippen molar-refractivity contribution < 1.29 is 14.2 Å². The van der Waals surface area contributed by atoms with Crippen LogP contribution in [0.15, 0.2) is 29.0 Å². The van der Waals surface area contributed by atoms with Crippen molar-refractivity contribution in [3.05, 3.63) is 40.1 Å². The molecule has 1 atom stereocenters. The van der Waals surface area contributed by atoms with Gasteiger partial charge < -0.3 is 19.9 Å². The number of hydrogen-bond donors (Lipinski definition) is 1. The van der Waals surface area contributed by atoms with Crippen LogP contribution in [-0.4, -0.2) is 21.3 Å². The smallest absolute Gasteiger partial charge is 0.203 e. The van der Waals surface area contributed by atoms with Gasteiger partial charge in [-0.2, -0.15) is 11.3 Å². The van der Waals surface area contributed by atoms with Crippen molar-refractivity contribution in [3.63, 3.8) is 0 Å². The molecule has 2 rings (SSSR count). The van der Waals surface area contributed by atoms with E-state index in [2.05, 4.69) is 0 Å². The standard InChI is InChI=1S/C14H17NO3S/c1-16-11-5-4-10(13(17-2)14(11)18-3)12(15)9-6-7-19-8-9/h4-8,12H,15H2,1-3H3/t12-/m1/s1. The molecule has 2 N–H and O–H groups in total. The van der Waals surface area contributed by atoms with E-state index in [0.717, 1.165) is 11.1 Å². The summed E-state index contributed by atoms with van der Waals surface area (Å²) in [4.78, 5) is 0. The molecule has 0 saturated heterocycles. The maximum atomic E-state index is 6.28. The van der Waals surface area contributed by atoms with Crippen LogP contribution in [0.1, 0.15) is 17.2 Å². The van der Waals surface area contributed by atoms with Crippen LogP contribution >= 0.6 is 11.3 Å². The fourth-order valence-electron chi connectivity index (χ4n) is 2.00. The predicted molar refractivity (Wildman–Crippen MR) is 76.4 cm³/mol. The van der Waals surface area contributed by atoms with E-state index >= 15 is 0 Å². The third-order valence-electron chi connectivity index (χ3n) is 2.97. The van der Waals surface area contributed by atoms with Gasteiger partial charge in [0.05, 0.1) is 27.4 Å². The van der Waals surface area contributed by atoms with E-state index in [4.69, 9.17) is 19.9 Å². The van der Waals surface area contributed by atoms with Crippen LogP contribution < -0.4 is 19.9 Å². The lowest BCUT2D eigenvalue weighted by Crippen LogP contribution is -2.13. The van der Waals surface area contributed by atoms with Gasteiger partial charge in [0.15, 0.2) is 11.5 Å². The van der Waals surface area contributed by atoms with Crippen LogP contribution in [0, 0.1) is 0 Å². The highest BCUT2D eigenvalue weighted by Gasteiger charge is 2.21. The van der Waals surface area contributed by atoms with E-state index in [1.54, 1.807) is 32.7 Å². The minimum atomic E-state index is -0.249. The maximum Gasteiger partial charge on any atom is 0.203 e. The summed E-state index contributed by atoms with van der Waals surface area (Å²) in [5.74, 6) is 1.80. The first kappa shape index (κ1) is 13.7. The van der Waals surface area contributed by atoms with Gasteiger partial charge >= 0.3 is 0 Å². The molecular weight excluding hydrogens is 262 g/mol. The lowest BCUT2D eigenvalue weighted by Gasteiger charge is -2.19. The van der Waals surface area contributed by atoms with E-state index in [9.17, 15) is 0 Å². The molecular formula is C14H17NO3S. The number of hydrogen-bond acceptors (Lipinski definition) is 5. The third-order valence-corrected chi connectivity index (χ3v) is 3.67. The number of methoxy groups -OCH3 is 3. The Morgan fingerprint density at radius 3 is 2.26 bits per heavy atom. The molecule has 1 heterocycles. The van der Waals surface area contributed by atoms with Gasteiger partial charge in [-0.05, 0) is 34.5 Å². The first-order valence-corrected chi connectivity index (χ1v) is 6.73. The Morgan fingerprint density at radius 1 is 1.00 bits per heavy atom. The minimum Gasteiger partial charge on any atom is -0.493 e. The molecule has 19 heavy (non-hydrogen) atoms. The summed E-state index contributed by atoms with van der Waals surface area (Å²) >= 11 is 1.62. The van der Waals surface area contributed by atoms with E-state index < -0.39 is 0 Å². The van der Waals surface area contributed by atoms with Crippen LogP contribution in [0.25, 0.3) is 0 Å². The van der Waals surface area contributed by atoms with Crippen molar-refractivity contribution in [2.24, 2.45) is 5.73 Å². The van der Waals surface area contributed by atoms with Gasteiger partial charge in [0.25, 0.3) is 0 Å². The average molecular weight is 279 g/mol. The Kier molecular flexibility index (Phi) is 4.29. The van der Waals surface area contributed by atoms with Crippen LogP contribution in [0.4, 0.5) is 0 Å². The number of nitrogens with two attached hydrogens (primary N) is 1. The number of benzene rings is 1. The summed E-state index contributed by atoms with van der Waals surface area (Å²) in [5, 5.41) is 4.03. The maximum absolute atomic E-state index is 6.28. The van der Waals surface area contributed by atoms with E-state index in [0.29, 0.717) is 17.2 Å². The quantitative estimate of drug-likeness (QED) is 0.914. The molecule has 0 bridgehead atoms. The number of rotatable bonds is 5. The molecule has 4 nitrogen and oxygen atoms in total. The molecule has 2 aromatic rings. The third kappa shape index (κ3) is 2.52. The first-order chi connectivity index (χ1) is 9.22. The van der Waals surface area contributed by atoms with Crippen molar-refractivity contribution in [2.75, 3.05) is 21.3 Å². The monoisotopic (exact) mass is 279 g/mol. The van der Waals surface area contributed by atoms with Crippen LogP contribution in [-0.2, 0) is 0 Å². The highest BCUT2D eigenvalue weighted by atomic mass is 32.1. The molecule has 5 heteroatoms. The van der Waals surface area contributed by atoms with Crippen molar-refractivity contribution in [1.29, 1.82) is 0 Å². The summed E-state index contributed by atoms with van der Waals surface area (Å²) < 4.78 is 16.1. The zero-order valence-electron chi connectivity index (χ0n) is 11.2. The topological polar surface area (TPSA) is 53.7 Å². The first-order valence-electron chi connectivity index (χ1n) is 5.79. The van der Waals surface area contributed by atoms with Gasteiger partial charge in [-0.1, -0.05) is 0 Å². The molecule has 0 saturated carbocycles. The normalized spacial score (nSPS) is 12.0. The van der Waals surface area contributed by atoms with Crippen molar-refractivity contribution in [3.8, 4) is 17.2 Å². The molecule has 0 radical (unpaired) electrons. The molecule has 0 aliphatic carbocycles. The molecule has 0 unspecified atom stereocenters. The number of ether oxygens (including phenoxy) is 3. The zero-order valence-corrected chi connectivity index (χ0v) is 12.0. The van der Waals surface area contributed by atoms with Crippen LogP contribution in [0.2, 0.25) is 0 Å². The van der Waals surface area contributed by atoms with Gasteiger partial charge in [0.1, 0.15) is 0 Å². The highest BCUT2D eigenvalue weighted by molar-refractivity contribution is 7.08. The minimum absolute atomic E-state index is 0.249. The Bertz CT molecular complexity index is 540. The van der Waals surface area contributed by atoms with Crippen LogP contribution in [0.3, 0.4) is 0 Å². The Hall–Kier alpha value is -1.72. The molecule has 1 aromatic heterocycles. The lowest BCUT2D eigenvalue weighted by atomic mass is 10.0. The molecule has 0 amide bonds. The summed E-state index contributed by atoms with van der Waals surface area (Å²) in [5.41, 5.74) is 8.21. The SMILES string of the molecule is COc1ccc([C@H](N)c2ccsc2)c(OC)c1OC. The zero-order chi connectivity index (χ0) is 13.8. The summed E-state index contributed by atoms with van der Waals surface area (Å²) in [7, 11) is 4.77. The summed E-state index contributed by atoms with van der Waals surface area (Å²) in [6, 6.07) is 5.50. The number of thiophene rings is 1. The molecule has 0 fully saturated rings. The molecule has 102 valence electrons. The second-order valence-corrected chi connectivity index (χ2v) is 4.74. The second kappa shape index (κ2) is 5.95. The Labute approximate surface area is 116 Å². The fourth-order valence-corrected chi connectivity index (χ4v) is 2.70. The fraction of sp³-hybridized carbons (Fsp3) is 0.286. The molecule has 1 aromatic carbocycles. The van der Waals surface area contributed by atoms with Crippen molar-refractivity contribution >= 4 is 11.3 Å². The van der Waals surface area contributed by atoms with Gasteiger partial charge in [-0.3, -0.25) is 0 Å². The summed E-state index contributed by atoms with van der Waals surface area (Å²) in [6.45, 7) is 0. The van der Waals surface area contributed by atoms with Crippen molar-refractivity contribution in [2.45, 2.75) is 6.04 Å². The van der Waals surface area contributed by atoms with E-state index in [1.165, 1.54) is 0 Å². The predicted octanol–water partition coefficient (Wildman–Crippen LogP) is 2.82. The van der Waals surface area contributed by atoms with Gasteiger partial charge in [0, 0.05) is 5.56 Å². The Morgan fingerprint density at radius 2 is 1.74 bits per heavy atom. The van der Waals surface area contributed by atoms with E-state index in [1.807, 2.05) is 29.0 Å². The highest BCUT2D eigenvalue weighted by Crippen LogP contribution is 2.42. The molecule has 0 spiro atoms. The molecule has 0 aliphatic heterocycles. The van der Waals surface area contributed by atoms with Gasteiger partial charge in [-0.25, -0.2) is 0 Å². The molecule has 0 aliphatic rings. The van der Waals surface area contributed by atoms with Crippen LogP contribution in [0.5, 0.6) is 17.2 Å². The lowest BCUT2D eigenvalue weighted by molar-refractivity contribution is 0.321. The second-order valence-electron chi connectivity index (χ2n) is 3.96. The summed E-state index contributed by atoms with van der Waals surface area (Å²) in [6.07, 6.45) is 0. The van der Waals surface area contributed by atoms with Crippen molar-refractivity contribution in [1.82, 2.24) is 0 Å². The Balaban J connectivity index is 2.51. The largest absolute Gasteiger partial charge is 0.493 e. The van der Waals surface area contributed by atoms with E-state index in [-0.39, 0.29) is 6.04 Å².